The first-order chi connectivity index (χ1) is 12.1. The van der Waals surface area contributed by atoms with Crippen LogP contribution in [0, 0.1) is 0 Å². The van der Waals surface area contributed by atoms with Gasteiger partial charge in [-0.3, -0.25) is 19.5 Å². The molecule has 3 aromatic rings. The quantitative estimate of drug-likeness (QED) is 0.504. The highest BCUT2D eigenvalue weighted by Crippen LogP contribution is 2.16. The summed E-state index contributed by atoms with van der Waals surface area (Å²) in [5, 5.41) is 10.9. The number of carbonyl (C=O) groups excluding carboxylic acids is 1. The van der Waals surface area contributed by atoms with Crippen LogP contribution in [0.1, 0.15) is 12.8 Å². The average Bonchev–Trinajstić information content (AvgIpc) is 3.05. The number of aromatic amines is 1. The first-order valence-electron chi connectivity index (χ1n) is 7.41. The van der Waals surface area contributed by atoms with Crippen molar-refractivity contribution in [3.8, 4) is 0 Å². The van der Waals surface area contributed by atoms with Crippen LogP contribution < -0.4 is 11.1 Å². The number of aromatic nitrogens is 4. The monoisotopic (exact) mass is 362 g/mol. The van der Waals surface area contributed by atoms with Gasteiger partial charge in [0.15, 0.2) is 0 Å². The van der Waals surface area contributed by atoms with Crippen LogP contribution in [0.4, 0.5) is 0 Å². The van der Waals surface area contributed by atoms with Crippen LogP contribution in [-0.4, -0.2) is 38.3 Å². The molecule has 0 saturated carbocycles. The van der Waals surface area contributed by atoms with Crippen LogP contribution in [0.15, 0.2) is 43.5 Å². The Labute approximate surface area is 145 Å². The number of carbonyl (C=O) groups is 1. The van der Waals surface area contributed by atoms with Crippen LogP contribution in [0.5, 0.6) is 0 Å². The summed E-state index contributed by atoms with van der Waals surface area (Å²) in [4.78, 5) is 35.8. The molecule has 130 valence electrons. The van der Waals surface area contributed by atoms with Gasteiger partial charge < -0.3 is 9.15 Å². The lowest BCUT2D eigenvalue weighted by Gasteiger charge is -2.04. The van der Waals surface area contributed by atoms with Gasteiger partial charge in [-0.15, -0.1) is 10.2 Å². The first kappa shape index (κ1) is 17.0. The van der Waals surface area contributed by atoms with Crippen LogP contribution >= 0.6 is 11.8 Å². The van der Waals surface area contributed by atoms with Gasteiger partial charge in [-0.05, 0) is 19.1 Å². The molecule has 3 rings (SSSR count). The van der Waals surface area contributed by atoms with E-state index in [1.807, 2.05) is 0 Å². The van der Waals surface area contributed by atoms with Crippen LogP contribution in [0.3, 0.4) is 0 Å². The second-order valence-corrected chi connectivity index (χ2v) is 5.86. The summed E-state index contributed by atoms with van der Waals surface area (Å²) in [6.07, 6.45) is 0. The van der Waals surface area contributed by atoms with Crippen molar-refractivity contribution in [2.24, 2.45) is 0 Å². The van der Waals surface area contributed by atoms with E-state index in [2.05, 4.69) is 15.3 Å². The first-order valence-corrected chi connectivity index (χ1v) is 8.39. The van der Waals surface area contributed by atoms with Crippen molar-refractivity contribution in [2.75, 3.05) is 12.4 Å². The molecule has 0 bridgehead atoms. The lowest BCUT2D eigenvalue weighted by Crippen LogP contribution is -2.30. The number of thioether (sulfide) groups is 1. The Kier molecular flexibility index (Phi) is 4.98. The number of hydrogen-bond acceptors (Lipinski definition) is 8. The number of nitrogens with one attached hydrogen (secondary N) is 1. The second-order valence-electron chi connectivity index (χ2n) is 4.93. The third-order valence-electron chi connectivity index (χ3n) is 3.24. The standard InChI is InChI=1S/C15H14N4O5S/c1-2-23-12(20)8-25-15-17-16-11(24-15)7-19-14(22)10-6-4-3-5-9(10)13(21)18-19/h3-6H,2,7-8H2,1H3,(H,18,21). The zero-order valence-electron chi connectivity index (χ0n) is 13.2. The molecule has 0 atom stereocenters. The second kappa shape index (κ2) is 7.34. The molecule has 10 heteroatoms. The Bertz CT molecular complexity index is 1020. The number of fused-ring (bicyclic) bond motifs is 1. The van der Waals surface area contributed by atoms with Gasteiger partial charge in [0.2, 0.25) is 5.89 Å². The fourth-order valence-electron chi connectivity index (χ4n) is 2.18. The predicted octanol–water partition coefficient (Wildman–Crippen LogP) is 0.776. The van der Waals surface area contributed by atoms with E-state index < -0.39 is 0 Å². The molecule has 0 radical (unpaired) electrons. The molecule has 25 heavy (non-hydrogen) atoms. The third kappa shape index (κ3) is 3.79. The third-order valence-corrected chi connectivity index (χ3v) is 4.04. The van der Waals surface area contributed by atoms with Crippen LogP contribution in [-0.2, 0) is 16.1 Å². The van der Waals surface area contributed by atoms with Crippen molar-refractivity contribution >= 4 is 28.5 Å². The molecule has 0 aliphatic rings. The molecule has 0 aliphatic heterocycles. The molecule has 9 nitrogen and oxygen atoms in total. The normalized spacial score (nSPS) is 10.9. The number of hydrogen-bond donors (Lipinski definition) is 1. The summed E-state index contributed by atoms with van der Waals surface area (Å²) in [5.41, 5.74) is -0.749. The number of H-pyrrole nitrogens is 1. The highest BCUT2D eigenvalue weighted by Gasteiger charge is 2.13. The number of rotatable bonds is 6. The largest absolute Gasteiger partial charge is 0.465 e. The van der Waals surface area contributed by atoms with E-state index in [0.29, 0.717) is 17.4 Å². The molecule has 0 saturated heterocycles. The van der Waals surface area contributed by atoms with Gasteiger partial charge in [0.25, 0.3) is 16.3 Å². The smallest absolute Gasteiger partial charge is 0.316 e. The van der Waals surface area contributed by atoms with Crippen molar-refractivity contribution < 1.29 is 13.9 Å². The molecule has 0 amide bonds. The predicted molar refractivity (Wildman–Crippen MR) is 89.6 cm³/mol. The van der Waals surface area contributed by atoms with E-state index in [-0.39, 0.29) is 40.5 Å². The Morgan fingerprint density at radius 1 is 1.28 bits per heavy atom. The van der Waals surface area contributed by atoms with Gasteiger partial charge in [-0.2, -0.15) is 0 Å². The van der Waals surface area contributed by atoms with Crippen molar-refractivity contribution in [3.63, 3.8) is 0 Å². The number of nitrogens with zero attached hydrogens (tertiary/aromatic N) is 3. The summed E-state index contributed by atoms with van der Waals surface area (Å²) < 4.78 is 11.3. The SMILES string of the molecule is CCOC(=O)CSc1nnc(Cn2[nH]c(=O)c3ccccc3c2=O)o1. The maximum Gasteiger partial charge on any atom is 0.316 e. The van der Waals surface area contributed by atoms with E-state index in [0.717, 1.165) is 16.4 Å². The van der Waals surface area contributed by atoms with Crippen LogP contribution in [0.25, 0.3) is 10.8 Å². The molecule has 1 N–H and O–H groups in total. The van der Waals surface area contributed by atoms with Crippen molar-refractivity contribution in [1.82, 2.24) is 20.0 Å². The van der Waals surface area contributed by atoms with E-state index in [1.165, 1.54) is 0 Å². The van der Waals surface area contributed by atoms with Gasteiger partial charge >= 0.3 is 5.97 Å². The summed E-state index contributed by atoms with van der Waals surface area (Å²) in [5.74, 6) is -0.205. The minimum absolute atomic E-state index is 0.0439. The van der Waals surface area contributed by atoms with Crippen LogP contribution in [0.2, 0.25) is 0 Å². The maximum absolute atomic E-state index is 12.4. The lowest BCUT2D eigenvalue weighted by atomic mass is 10.2. The Hall–Kier alpha value is -2.88. The summed E-state index contributed by atoms with van der Waals surface area (Å²) in [7, 11) is 0. The molecular formula is C15H14N4O5S. The molecule has 2 heterocycles. The van der Waals surface area contributed by atoms with E-state index >= 15 is 0 Å². The number of esters is 1. The van der Waals surface area contributed by atoms with E-state index in [1.54, 1.807) is 31.2 Å². The molecule has 0 unspecified atom stereocenters. The average molecular weight is 362 g/mol. The van der Waals surface area contributed by atoms with E-state index in [9.17, 15) is 14.4 Å². The summed E-state index contributed by atoms with van der Waals surface area (Å²) in [6.45, 7) is 1.94. The van der Waals surface area contributed by atoms with Gasteiger partial charge in [-0.25, -0.2) is 4.68 Å². The molecule has 0 fully saturated rings. The molecule has 0 aliphatic carbocycles. The molecular weight excluding hydrogens is 348 g/mol. The van der Waals surface area contributed by atoms with Gasteiger partial charge in [0.1, 0.15) is 12.3 Å². The minimum atomic E-state index is -0.387. The van der Waals surface area contributed by atoms with E-state index in [4.69, 9.17) is 9.15 Å². The minimum Gasteiger partial charge on any atom is -0.465 e. The van der Waals surface area contributed by atoms with Gasteiger partial charge in [0, 0.05) is 0 Å². The maximum atomic E-state index is 12.4. The Morgan fingerprint density at radius 3 is 2.80 bits per heavy atom. The molecule has 1 aromatic carbocycles. The zero-order chi connectivity index (χ0) is 17.8. The molecule has 2 aromatic heterocycles. The zero-order valence-corrected chi connectivity index (χ0v) is 14.0. The van der Waals surface area contributed by atoms with Crippen molar-refractivity contribution in [3.05, 3.63) is 50.9 Å². The van der Waals surface area contributed by atoms with Crippen molar-refractivity contribution in [2.45, 2.75) is 18.7 Å². The van der Waals surface area contributed by atoms with Crippen molar-refractivity contribution in [1.29, 1.82) is 0 Å². The Morgan fingerprint density at radius 2 is 2.04 bits per heavy atom. The van der Waals surface area contributed by atoms with Gasteiger partial charge in [0.05, 0.1) is 17.4 Å². The number of benzene rings is 1. The number of ether oxygens (including phenoxy) is 1. The highest BCUT2D eigenvalue weighted by atomic mass is 32.2. The Balaban J connectivity index is 1.78. The summed E-state index contributed by atoms with van der Waals surface area (Å²) in [6, 6.07) is 6.53. The topological polar surface area (TPSA) is 120 Å². The summed E-state index contributed by atoms with van der Waals surface area (Å²) >= 11 is 1.04. The molecule has 0 spiro atoms. The fraction of sp³-hybridized carbons (Fsp3) is 0.267. The van der Waals surface area contributed by atoms with Gasteiger partial charge in [-0.1, -0.05) is 23.9 Å². The fourth-order valence-corrected chi connectivity index (χ4v) is 2.76. The highest BCUT2D eigenvalue weighted by molar-refractivity contribution is 7.99. The lowest BCUT2D eigenvalue weighted by molar-refractivity contribution is -0.139.